The molecule has 0 bridgehead atoms. The molecule has 0 saturated heterocycles. The highest BCUT2D eigenvalue weighted by atomic mass is 35.5. The van der Waals surface area contributed by atoms with Crippen LogP contribution in [0, 0.1) is 11.2 Å². The molecule has 0 atom stereocenters. The van der Waals surface area contributed by atoms with Crippen LogP contribution in [0.2, 0.25) is 5.02 Å². The molecule has 3 N–H and O–H groups in total. The van der Waals surface area contributed by atoms with E-state index in [0.717, 1.165) is 6.54 Å². The molecule has 0 amide bonds. The molecule has 0 aromatic heterocycles. The van der Waals surface area contributed by atoms with Crippen molar-refractivity contribution in [2.24, 2.45) is 5.73 Å². The minimum atomic E-state index is -0.365. The third-order valence-electron chi connectivity index (χ3n) is 2.57. The van der Waals surface area contributed by atoms with Crippen molar-refractivity contribution in [1.82, 2.24) is 4.90 Å². The van der Waals surface area contributed by atoms with Gasteiger partial charge in [0.1, 0.15) is 5.82 Å². The molecule has 0 radical (unpaired) electrons. The molecule has 0 aliphatic rings. The average molecular weight is 258 g/mol. The summed E-state index contributed by atoms with van der Waals surface area (Å²) in [5.74, 6) is -0.217. The van der Waals surface area contributed by atoms with E-state index >= 15 is 0 Å². The lowest BCUT2D eigenvalue weighted by Gasteiger charge is -2.20. The SMILES string of the molecule is CCN(CCC(=N)N)Cc1cccc(Cl)c1F. The molecule has 1 rings (SSSR count). The number of nitrogens with two attached hydrogens (primary N) is 1. The Labute approximate surface area is 106 Å². The molecule has 0 aliphatic carbocycles. The molecule has 3 nitrogen and oxygen atoms in total. The summed E-state index contributed by atoms with van der Waals surface area (Å²) in [7, 11) is 0. The van der Waals surface area contributed by atoms with E-state index in [4.69, 9.17) is 22.7 Å². The zero-order valence-electron chi connectivity index (χ0n) is 9.84. The van der Waals surface area contributed by atoms with E-state index in [-0.39, 0.29) is 16.7 Å². The Kier molecular flexibility index (Phi) is 5.38. The smallest absolute Gasteiger partial charge is 0.146 e. The van der Waals surface area contributed by atoms with Gasteiger partial charge in [-0.15, -0.1) is 0 Å². The molecule has 5 heteroatoms. The van der Waals surface area contributed by atoms with Gasteiger partial charge in [0.05, 0.1) is 10.9 Å². The molecule has 1 aromatic rings. The molecule has 17 heavy (non-hydrogen) atoms. The van der Waals surface area contributed by atoms with E-state index in [1.807, 2.05) is 11.8 Å². The maximum atomic E-state index is 13.7. The molecule has 0 spiro atoms. The minimum Gasteiger partial charge on any atom is -0.388 e. The van der Waals surface area contributed by atoms with Gasteiger partial charge in [0, 0.05) is 25.1 Å². The lowest BCUT2D eigenvalue weighted by atomic mass is 10.2. The summed E-state index contributed by atoms with van der Waals surface area (Å²) in [4.78, 5) is 2.02. The highest BCUT2D eigenvalue weighted by molar-refractivity contribution is 6.30. The van der Waals surface area contributed by atoms with Crippen LogP contribution in [0.1, 0.15) is 18.9 Å². The topological polar surface area (TPSA) is 53.1 Å². The number of benzene rings is 1. The second-order valence-corrected chi connectivity index (χ2v) is 4.26. The van der Waals surface area contributed by atoms with Crippen LogP contribution >= 0.6 is 11.6 Å². The fraction of sp³-hybridized carbons (Fsp3) is 0.417. The van der Waals surface area contributed by atoms with Gasteiger partial charge in [0.25, 0.3) is 0 Å². The quantitative estimate of drug-likeness (QED) is 0.608. The van der Waals surface area contributed by atoms with Crippen LogP contribution in [0.3, 0.4) is 0 Å². The van der Waals surface area contributed by atoms with Gasteiger partial charge in [-0.05, 0) is 12.6 Å². The highest BCUT2D eigenvalue weighted by Gasteiger charge is 2.10. The van der Waals surface area contributed by atoms with Gasteiger partial charge in [-0.1, -0.05) is 30.7 Å². The molecule has 1 aromatic carbocycles. The largest absolute Gasteiger partial charge is 0.388 e. The molecule has 0 unspecified atom stereocenters. The zero-order valence-corrected chi connectivity index (χ0v) is 10.6. The van der Waals surface area contributed by atoms with Gasteiger partial charge in [-0.3, -0.25) is 10.3 Å². The minimum absolute atomic E-state index is 0.144. The normalized spacial score (nSPS) is 10.8. The summed E-state index contributed by atoms with van der Waals surface area (Å²) < 4.78 is 13.7. The Bertz CT molecular complexity index is 395. The lowest BCUT2D eigenvalue weighted by Crippen LogP contribution is -2.27. The number of nitrogens with one attached hydrogen (secondary N) is 1. The highest BCUT2D eigenvalue weighted by Crippen LogP contribution is 2.19. The Morgan fingerprint density at radius 3 is 2.82 bits per heavy atom. The van der Waals surface area contributed by atoms with Crippen molar-refractivity contribution in [1.29, 1.82) is 5.41 Å². The Hall–Kier alpha value is -1.13. The van der Waals surface area contributed by atoms with Gasteiger partial charge in [-0.25, -0.2) is 4.39 Å². The molecule has 0 aliphatic heterocycles. The standard InChI is InChI=1S/C12H17ClFN3/c1-2-17(7-6-11(15)16)8-9-4-3-5-10(13)12(9)14/h3-5H,2,6-8H2,1H3,(H3,15,16). The van der Waals surface area contributed by atoms with Crippen molar-refractivity contribution in [3.63, 3.8) is 0 Å². The van der Waals surface area contributed by atoms with Crippen LogP contribution in [0.15, 0.2) is 18.2 Å². The number of hydrogen-bond acceptors (Lipinski definition) is 2. The van der Waals surface area contributed by atoms with Crippen LogP contribution in [0.5, 0.6) is 0 Å². The van der Waals surface area contributed by atoms with Crippen molar-refractivity contribution in [2.45, 2.75) is 19.9 Å². The van der Waals surface area contributed by atoms with Crippen LogP contribution in [0.4, 0.5) is 4.39 Å². The molecular formula is C12H17ClFN3. The fourth-order valence-electron chi connectivity index (χ4n) is 1.54. The van der Waals surface area contributed by atoms with E-state index in [0.29, 0.717) is 25.1 Å². The predicted octanol–water partition coefficient (Wildman–Crippen LogP) is 2.63. The third-order valence-corrected chi connectivity index (χ3v) is 2.86. The number of halogens is 2. The summed E-state index contributed by atoms with van der Waals surface area (Å²) in [6.45, 7) is 3.90. The van der Waals surface area contributed by atoms with E-state index < -0.39 is 0 Å². The van der Waals surface area contributed by atoms with Gasteiger partial charge < -0.3 is 5.73 Å². The fourth-order valence-corrected chi connectivity index (χ4v) is 1.73. The van der Waals surface area contributed by atoms with Gasteiger partial charge in [0.2, 0.25) is 0 Å². The van der Waals surface area contributed by atoms with Crippen molar-refractivity contribution < 1.29 is 4.39 Å². The zero-order chi connectivity index (χ0) is 12.8. The summed E-state index contributed by atoms with van der Waals surface area (Å²) in [6, 6.07) is 4.99. The first kappa shape index (κ1) is 13.9. The molecule has 94 valence electrons. The maximum Gasteiger partial charge on any atom is 0.146 e. The second-order valence-electron chi connectivity index (χ2n) is 3.86. The second kappa shape index (κ2) is 6.57. The van der Waals surface area contributed by atoms with Crippen LogP contribution in [-0.4, -0.2) is 23.8 Å². The van der Waals surface area contributed by atoms with Crippen LogP contribution in [0.25, 0.3) is 0 Å². The third kappa shape index (κ3) is 4.32. The predicted molar refractivity (Wildman–Crippen MR) is 68.9 cm³/mol. The molecular weight excluding hydrogens is 241 g/mol. The summed E-state index contributed by atoms with van der Waals surface area (Å²) in [5, 5.41) is 7.32. The molecule has 0 heterocycles. The average Bonchev–Trinajstić information content (AvgIpc) is 2.29. The summed E-state index contributed by atoms with van der Waals surface area (Å²) in [6.07, 6.45) is 0.496. The lowest BCUT2D eigenvalue weighted by molar-refractivity contribution is 0.284. The van der Waals surface area contributed by atoms with Crippen molar-refractivity contribution in [3.8, 4) is 0 Å². The van der Waals surface area contributed by atoms with E-state index in [1.165, 1.54) is 6.07 Å². The van der Waals surface area contributed by atoms with Gasteiger partial charge >= 0.3 is 0 Å². The Morgan fingerprint density at radius 2 is 2.24 bits per heavy atom. The monoisotopic (exact) mass is 257 g/mol. The summed E-state index contributed by atoms with van der Waals surface area (Å²) >= 11 is 5.72. The van der Waals surface area contributed by atoms with Crippen molar-refractivity contribution in [3.05, 3.63) is 34.6 Å². The first-order valence-electron chi connectivity index (χ1n) is 5.52. The number of nitrogens with zero attached hydrogens (tertiary/aromatic N) is 1. The van der Waals surface area contributed by atoms with Crippen molar-refractivity contribution in [2.75, 3.05) is 13.1 Å². The molecule has 0 fully saturated rings. The van der Waals surface area contributed by atoms with Crippen LogP contribution in [-0.2, 0) is 6.54 Å². The molecule has 0 saturated carbocycles. The van der Waals surface area contributed by atoms with E-state index in [1.54, 1.807) is 12.1 Å². The summed E-state index contributed by atoms with van der Waals surface area (Å²) in [5.41, 5.74) is 5.88. The number of amidine groups is 1. The Balaban J connectivity index is 2.67. The maximum absolute atomic E-state index is 13.7. The first-order valence-corrected chi connectivity index (χ1v) is 5.90. The number of rotatable bonds is 6. The van der Waals surface area contributed by atoms with E-state index in [2.05, 4.69) is 0 Å². The number of hydrogen-bond donors (Lipinski definition) is 2. The van der Waals surface area contributed by atoms with Gasteiger partial charge in [0.15, 0.2) is 0 Å². The van der Waals surface area contributed by atoms with E-state index in [9.17, 15) is 4.39 Å². The van der Waals surface area contributed by atoms with Crippen molar-refractivity contribution >= 4 is 17.4 Å². The first-order chi connectivity index (χ1) is 8.04. The Morgan fingerprint density at radius 1 is 1.53 bits per heavy atom. The van der Waals surface area contributed by atoms with Crippen LogP contribution < -0.4 is 5.73 Å². The van der Waals surface area contributed by atoms with Gasteiger partial charge in [-0.2, -0.15) is 0 Å².